The number of nitrogens with zero attached hydrogens (tertiary/aromatic N) is 4. The molecule has 2 rings (SSSR count). The average molecular weight is 239 g/mol. The van der Waals surface area contributed by atoms with Crippen molar-refractivity contribution >= 4 is 16.5 Å². The second-order valence-corrected chi connectivity index (χ2v) is 4.65. The van der Waals surface area contributed by atoms with Crippen LogP contribution in [0.4, 0.5) is 5.13 Å². The second kappa shape index (κ2) is 4.58. The summed E-state index contributed by atoms with van der Waals surface area (Å²) < 4.78 is 1.66. The Morgan fingerprint density at radius 2 is 2.38 bits per heavy atom. The molecule has 2 heterocycles. The molecule has 1 unspecified atom stereocenters. The first-order chi connectivity index (χ1) is 7.65. The summed E-state index contributed by atoms with van der Waals surface area (Å²) in [7, 11) is 1.82. The Morgan fingerprint density at radius 1 is 1.56 bits per heavy atom. The highest BCUT2D eigenvalue weighted by atomic mass is 32.1. The lowest BCUT2D eigenvalue weighted by Gasteiger charge is -2.07. The molecule has 0 saturated carbocycles. The molecule has 0 saturated heterocycles. The molecule has 0 aliphatic rings. The summed E-state index contributed by atoms with van der Waals surface area (Å²) in [5, 5.41) is 26.3. The first kappa shape index (κ1) is 11.0. The van der Waals surface area contributed by atoms with Gasteiger partial charge in [-0.2, -0.15) is 5.10 Å². The van der Waals surface area contributed by atoms with Gasteiger partial charge in [0.15, 0.2) is 0 Å². The SMILES string of the molecule is Cc1nnc(NCC(O)c2cnn(C)c2)s1. The predicted octanol–water partition coefficient (Wildman–Crippen LogP) is 0.726. The highest BCUT2D eigenvalue weighted by Gasteiger charge is 2.10. The molecule has 6 nitrogen and oxygen atoms in total. The molecule has 0 spiro atoms. The molecule has 1 atom stereocenters. The molecule has 0 aromatic carbocycles. The van der Waals surface area contributed by atoms with Gasteiger partial charge in [-0.05, 0) is 6.92 Å². The van der Waals surface area contributed by atoms with Crippen LogP contribution in [0.5, 0.6) is 0 Å². The zero-order valence-corrected chi connectivity index (χ0v) is 9.90. The normalized spacial score (nSPS) is 12.7. The fraction of sp³-hybridized carbons (Fsp3) is 0.444. The summed E-state index contributed by atoms with van der Waals surface area (Å²) in [5.41, 5.74) is 0.788. The van der Waals surface area contributed by atoms with E-state index < -0.39 is 6.10 Å². The quantitative estimate of drug-likeness (QED) is 0.822. The van der Waals surface area contributed by atoms with Crippen LogP contribution in [-0.2, 0) is 7.05 Å². The zero-order valence-electron chi connectivity index (χ0n) is 9.08. The number of aliphatic hydroxyl groups is 1. The van der Waals surface area contributed by atoms with E-state index in [4.69, 9.17) is 0 Å². The van der Waals surface area contributed by atoms with Crippen LogP contribution in [0, 0.1) is 6.92 Å². The number of aromatic nitrogens is 4. The number of hydrogen-bond acceptors (Lipinski definition) is 6. The fourth-order valence-corrected chi connectivity index (χ4v) is 1.88. The summed E-state index contributed by atoms with van der Waals surface area (Å²) >= 11 is 1.46. The Morgan fingerprint density at radius 3 is 2.94 bits per heavy atom. The third-order valence-corrected chi connectivity index (χ3v) is 2.88. The Bertz CT molecular complexity index is 466. The predicted molar refractivity (Wildman–Crippen MR) is 61.3 cm³/mol. The van der Waals surface area contributed by atoms with Gasteiger partial charge in [-0.15, -0.1) is 10.2 Å². The van der Waals surface area contributed by atoms with Crippen molar-refractivity contribution < 1.29 is 5.11 Å². The third kappa shape index (κ3) is 2.56. The van der Waals surface area contributed by atoms with E-state index in [1.54, 1.807) is 17.1 Å². The van der Waals surface area contributed by atoms with Crippen LogP contribution >= 0.6 is 11.3 Å². The highest BCUT2D eigenvalue weighted by molar-refractivity contribution is 7.15. The maximum Gasteiger partial charge on any atom is 0.205 e. The van der Waals surface area contributed by atoms with Gasteiger partial charge in [0.1, 0.15) is 5.01 Å². The standard InChI is InChI=1S/C9H13N5OS/c1-6-12-13-9(16-6)10-4-8(15)7-3-11-14(2)5-7/h3,5,8,15H,4H2,1-2H3,(H,10,13). The highest BCUT2D eigenvalue weighted by Crippen LogP contribution is 2.16. The number of anilines is 1. The molecule has 0 fully saturated rings. The van der Waals surface area contributed by atoms with E-state index in [0.717, 1.165) is 15.7 Å². The molecule has 7 heteroatoms. The topological polar surface area (TPSA) is 75.9 Å². The molecular weight excluding hydrogens is 226 g/mol. The van der Waals surface area contributed by atoms with Gasteiger partial charge in [-0.25, -0.2) is 0 Å². The maximum atomic E-state index is 9.84. The Kier molecular flexibility index (Phi) is 3.16. The van der Waals surface area contributed by atoms with Crippen molar-refractivity contribution in [1.29, 1.82) is 0 Å². The van der Waals surface area contributed by atoms with Gasteiger partial charge in [0.25, 0.3) is 0 Å². The first-order valence-electron chi connectivity index (χ1n) is 4.86. The second-order valence-electron chi connectivity index (χ2n) is 3.47. The molecule has 86 valence electrons. The molecule has 16 heavy (non-hydrogen) atoms. The van der Waals surface area contributed by atoms with Crippen LogP contribution in [0.2, 0.25) is 0 Å². The third-order valence-electron chi connectivity index (χ3n) is 2.08. The van der Waals surface area contributed by atoms with Crippen LogP contribution in [0.3, 0.4) is 0 Å². The van der Waals surface area contributed by atoms with Gasteiger partial charge in [0.2, 0.25) is 5.13 Å². The van der Waals surface area contributed by atoms with Crippen LogP contribution in [0.1, 0.15) is 16.7 Å². The molecule has 0 amide bonds. The molecule has 0 aliphatic heterocycles. The molecule has 2 aromatic heterocycles. The minimum absolute atomic E-state index is 0.403. The maximum absolute atomic E-state index is 9.84. The summed E-state index contributed by atoms with van der Waals surface area (Å²) in [6.07, 6.45) is 2.85. The van der Waals surface area contributed by atoms with Crippen LogP contribution in [0.15, 0.2) is 12.4 Å². The molecule has 0 radical (unpaired) electrons. The minimum Gasteiger partial charge on any atom is -0.386 e. The van der Waals surface area contributed by atoms with Crippen molar-refractivity contribution in [3.8, 4) is 0 Å². The van der Waals surface area contributed by atoms with Crippen molar-refractivity contribution in [2.75, 3.05) is 11.9 Å². The van der Waals surface area contributed by atoms with E-state index in [9.17, 15) is 5.11 Å². The number of aryl methyl sites for hydroxylation is 2. The van der Waals surface area contributed by atoms with Gasteiger partial charge in [0.05, 0.1) is 12.3 Å². The summed E-state index contributed by atoms with van der Waals surface area (Å²) in [4.78, 5) is 0. The number of rotatable bonds is 4. The molecule has 0 bridgehead atoms. The van der Waals surface area contributed by atoms with E-state index >= 15 is 0 Å². The van der Waals surface area contributed by atoms with E-state index in [0.29, 0.717) is 6.54 Å². The van der Waals surface area contributed by atoms with Gasteiger partial charge in [-0.3, -0.25) is 4.68 Å². The van der Waals surface area contributed by atoms with Crippen molar-refractivity contribution in [3.63, 3.8) is 0 Å². The van der Waals surface area contributed by atoms with E-state index in [-0.39, 0.29) is 0 Å². The summed E-state index contributed by atoms with van der Waals surface area (Å²) in [6.45, 7) is 2.29. The van der Waals surface area contributed by atoms with E-state index in [2.05, 4.69) is 20.6 Å². The smallest absolute Gasteiger partial charge is 0.205 e. The van der Waals surface area contributed by atoms with E-state index in [1.807, 2.05) is 14.0 Å². The number of hydrogen-bond donors (Lipinski definition) is 2. The lowest BCUT2D eigenvalue weighted by atomic mass is 10.2. The Balaban J connectivity index is 1.91. The number of aliphatic hydroxyl groups excluding tert-OH is 1. The van der Waals surface area contributed by atoms with Crippen molar-refractivity contribution in [3.05, 3.63) is 23.0 Å². The van der Waals surface area contributed by atoms with Crippen molar-refractivity contribution in [2.45, 2.75) is 13.0 Å². The Hall–Kier alpha value is -1.47. The molecule has 0 aliphatic carbocycles. The molecule has 2 N–H and O–H groups in total. The lowest BCUT2D eigenvalue weighted by Crippen LogP contribution is -2.11. The first-order valence-corrected chi connectivity index (χ1v) is 5.67. The Labute approximate surface area is 96.9 Å². The summed E-state index contributed by atoms with van der Waals surface area (Å²) in [5.74, 6) is 0. The van der Waals surface area contributed by atoms with Crippen LogP contribution in [0.25, 0.3) is 0 Å². The lowest BCUT2D eigenvalue weighted by molar-refractivity contribution is 0.191. The molecule has 2 aromatic rings. The fourth-order valence-electron chi connectivity index (χ4n) is 1.28. The minimum atomic E-state index is -0.585. The van der Waals surface area contributed by atoms with Crippen LogP contribution < -0.4 is 5.32 Å². The summed E-state index contributed by atoms with van der Waals surface area (Å²) in [6, 6.07) is 0. The van der Waals surface area contributed by atoms with Gasteiger partial charge in [-0.1, -0.05) is 11.3 Å². The number of nitrogens with one attached hydrogen (secondary N) is 1. The van der Waals surface area contributed by atoms with E-state index in [1.165, 1.54) is 11.3 Å². The van der Waals surface area contributed by atoms with Gasteiger partial charge < -0.3 is 10.4 Å². The van der Waals surface area contributed by atoms with Crippen molar-refractivity contribution in [2.24, 2.45) is 7.05 Å². The largest absolute Gasteiger partial charge is 0.386 e. The van der Waals surface area contributed by atoms with Gasteiger partial charge >= 0.3 is 0 Å². The van der Waals surface area contributed by atoms with Gasteiger partial charge in [0, 0.05) is 25.4 Å². The van der Waals surface area contributed by atoms with Crippen molar-refractivity contribution in [1.82, 2.24) is 20.0 Å². The monoisotopic (exact) mass is 239 g/mol. The average Bonchev–Trinajstić information content (AvgIpc) is 2.84. The zero-order chi connectivity index (χ0) is 11.5. The molecular formula is C9H13N5OS. The van der Waals surface area contributed by atoms with Crippen LogP contribution in [-0.4, -0.2) is 31.6 Å².